The standard InChI is InChI=1S/C10H12N2O2/c1-6-3-7(11-2)4-8-9(6)10(13)12-5-14-8/h3-4,11H,5H2,1-2H3,(H,12,13). The molecular weight excluding hydrogens is 180 g/mol. The van der Waals surface area contributed by atoms with Gasteiger partial charge in [-0.3, -0.25) is 4.79 Å². The van der Waals surface area contributed by atoms with Crippen LogP contribution in [0.2, 0.25) is 0 Å². The van der Waals surface area contributed by atoms with Crippen molar-refractivity contribution in [2.45, 2.75) is 6.92 Å². The smallest absolute Gasteiger partial charge is 0.257 e. The molecule has 0 fully saturated rings. The molecule has 1 aromatic carbocycles. The topological polar surface area (TPSA) is 50.4 Å². The minimum Gasteiger partial charge on any atom is -0.472 e. The van der Waals surface area contributed by atoms with Crippen LogP contribution in [-0.4, -0.2) is 19.7 Å². The van der Waals surface area contributed by atoms with Crippen molar-refractivity contribution in [3.8, 4) is 5.75 Å². The van der Waals surface area contributed by atoms with Crippen molar-refractivity contribution in [3.63, 3.8) is 0 Å². The van der Waals surface area contributed by atoms with Crippen molar-refractivity contribution in [3.05, 3.63) is 23.3 Å². The highest BCUT2D eigenvalue weighted by Crippen LogP contribution is 2.28. The third-order valence-electron chi connectivity index (χ3n) is 2.28. The number of benzene rings is 1. The number of hydrogen-bond donors (Lipinski definition) is 2. The van der Waals surface area contributed by atoms with Crippen molar-refractivity contribution in [2.24, 2.45) is 0 Å². The zero-order chi connectivity index (χ0) is 10.1. The van der Waals surface area contributed by atoms with Gasteiger partial charge in [-0.15, -0.1) is 0 Å². The Labute approximate surface area is 82.3 Å². The van der Waals surface area contributed by atoms with Crippen LogP contribution in [0, 0.1) is 6.92 Å². The summed E-state index contributed by atoms with van der Waals surface area (Å²) < 4.78 is 5.35. The molecule has 0 atom stereocenters. The SMILES string of the molecule is CNc1cc(C)c2c(c1)OCNC2=O. The maximum Gasteiger partial charge on any atom is 0.257 e. The molecule has 0 aliphatic carbocycles. The summed E-state index contributed by atoms with van der Waals surface area (Å²) in [6, 6.07) is 3.76. The molecule has 1 heterocycles. The average Bonchev–Trinajstić information content (AvgIpc) is 2.17. The summed E-state index contributed by atoms with van der Waals surface area (Å²) in [4.78, 5) is 11.5. The van der Waals surface area contributed by atoms with Gasteiger partial charge in [0.15, 0.2) is 6.73 Å². The molecule has 0 saturated heterocycles. The minimum atomic E-state index is -0.0635. The Morgan fingerprint density at radius 3 is 3.00 bits per heavy atom. The molecule has 1 amide bonds. The van der Waals surface area contributed by atoms with E-state index in [4.69, 9.17) is 4.74 Å². The van der Waals surface area contributed by atoms with Gasteiger partial charge >= 0.3 is 0 Å². The molecule has 1 aromatic rings. The summed E-state index contributed by atoms with van der Waals surface area (Å²) in [5.74, 6) is 0.588. The first-order valence-electron chi connectivity index (χ1n) is 4.46. The quantitative estimate of drug-likeness (QED) is 0.701. The van der Waals surface area contributed by atoms with Crippen molar-refractivity contribution in [1.29, 1.82) is 0 Å². The number of aryl methyl sites for hydroxylation is 1. The molecule has 0 aromatic heterocycles. The fraction of sp³-hybridized carbons (Fsp3) is 0.300. The molecular formula is C10H12N2O2. The second-order valence-electron chi connectivity index (χ2n) is 3.21. The fourth-order valence-electron chi connectivity index (χ4n) is 1.57. The molecule has 0 bridgehead atoms. The van der Waals surface area contributed by atoms with Gasteiger partial charge in [-0.1, -0.05) is 0 Å². The first-order chi connectivity index (χ1) is 6.72. The van der Waals surface area contributed by atoms with Gasteiger partial charge in [0.05, 0.1) is 5.56 Å². The number of anilines is 1. The van der Waals surface area contributed by atoms with E-state index in [1.807, 2.05) is 26.1 Å². The zero-order valence-corrected chi connectivity index (χ0v) is 8.18. The highest BCUT2D eigenvalue weighted by Gasteiger charge is 2.20. The van der Waals surface area contributed by atoms with Gasteiger partial charge in [0, 0.05) is 18.8 Å². The monoisotopic (exact) mass is 192 g/mol. The highest BCUT2D eigenvalue weighted by molar-refractivity contribution is 5.99. The number of amides is 1. The Hall–Kier alpha value is -1.71. The normalized spacial score (nSPS) is 14.0. The number of nitrogens with one attached hydrogen (secondary N) is 2. The Morgan fingerprint density at radius 1 is 1.50 bits per heavy atom. The van der Waals surface area contributed by atoms with Gasteiger partial charge in [0.2, 0.25) is 0 Å². The second-order valence-corrected chi connectivity index (χ2v) is 3.21. The Bertz CT molecular complexity index is 388. The lowest BCUT2D eigenvalue weighted by Crippen LogP contribution is -2.33. The summed E-state index contributed by atoms with van der Waals surface area (Å²) in [5.41, 5.74) is 2.51. The zero-order valence-electron chi connectivity index (χ0n) is 8.18. The molecule has 74 valence electrons. The molecule has 0 saturated carbocycles. The summed E-state index contributed by atoms with van der Waals surface area (Å²) in [6.45, 7) is 2.15. The van der Waals surface area contributed by atoms with Crippen molar-refractivity contribution >= 4 is 11.6 Å². The van der Waals surface area contributed by atoms with Gasteiger partial charge in [-0.2, -0.15) is 0 Å². The van der Waals surface area contributed by atoms with E-state index in [2.05, 4.69) is 10.6 Å². The van der Waals surface area contributed by atoms with Gasteiger partial charge < -0.3 is 15.4 Å². The molecule has 14 heavy (non-hydrogen) atoms. The number of ether oxygens (including phenoxy) is 1. The van der Waals surface area contributed by atoms with E-state index in [1.54, 1.807) is 0 Å². The number of rotatable bonds is 1. The van der Waals surface area contributed by atoms with Crippen LogP contribution in [-0.2, 0) is 0 Å². The van der Waals surface area contributed by atoms with Crippen LogP contribution in [0.15, 0.2) is 12.1 Å². The molecule has 2 rings (SSSR count). The largest absolute Gasteiger partial charge is 0.472 e. The highest BCUT2D eigenvalue weighted by atomic mass is 16.5. The summed E-state index contributed by atoms with van der Waals surface area (Å²) >= 11 is 0. The van der Waals surface area contributed by atoms with Crippen LogP contribution in [0.3, 0.4) is 0 Å². The average molecular weight is 192 g/mol. The minimum absolute atomic E-state index is 0.0635. The summed E-state index contributed by atoms with van der Waals surface area (Å²) in [5, 5.41) is 5.66. The second kappa shape index (κ2) is 3.21. The molecule has 4 nitrogen and oxygen atoms in total. The van der Waals surface area contributed by atoms with Crippen LogP contribution in [0.25, 0.3) is 0 Å². The maximum atomic E-state index is 11.5. The molecule has 1 aliphatic rings. The van der Waals surface area contributed by atoms with Crippen LogP contribution >= 0.6 is 0 Å². The van der Waals surface area contributed by atoms with E-state index in [0.717, 1.165) is 11.3 Å². The van der Waals surface area contributed by atoms with Gasteiger partial charge in [0.25, 0.3) is 5.91 Å². The fourth-order valence-corrected chi connectivity index (χ4v) is 1.57. The van der Waals surface area contributed by atoms with Crippen LogP contribution in [0.1, 0.15) is 15.9 Å². The van der Waals surface area contributed by atoms with Crippen LogP contribution in [0.4, 0.5) is 5.69 Å². The first kappa shape index (κ1) is 8.87. The lowest BCUT2D eigenvalue weighted by atomic mass is 10.1. The summed E-state index contributed by atoms with van der Waals surface area (Å²) in [7, 11) is 1.84. The van der Waals surface area contributed by atoms with Crippen molar-refractivity contribution in [2.75, 3.05) is 19.1 Å². The molecule has 2 N–H and O–H groups in total. The molecule has 0 unspecified atom stereocenters. The maximum absolute atomic E-state index is 11.5. The van der Waals surface area contributed by atoms with Crippen LogP contribution < -0.4 is 15.4 Å². The van der Waals surface area contributed by atoms with Gasteiger partial charge in [-0.05, 0) is 18.6 Å². The Morgan fingerprint density at radius 2 is 2.29 bits per heavy atom. The molecule has 1 aliphatic heterocycles. The van der Waals surface area contributed by atoms with Crippen molar-refractivity contribution in [1.82, 2.24) is 5.32 Å². The number of fused-ring (bicyclic) bond motifs is 1. The van der Waals surface area contributed by atoms with E-state index in [-0.39, 0.29) is 12.6 Å². The number of hydrogen-bond acceptors (Lipinski definition) is 3. The Kier molecular flexibility index (Phi) is 2.04. The summed E-state index contributed by atoms with van der Waals surface area (Å²) in [6.07, 6.45) is 0. The predicted molar refractivity (Wildman–Crippen MR) is 53.7 cm³/mol. The third kappa shape index (κ3) is 1.28. The van der Waals surface area contributed by atoms with E-state index < -0.39 is 0 Å². The predicted octanol–water partition coefficient (Wildman–Crippen LogP) is 1.12. The van der Waals surface area contributed by atoms with Crippen LogP contribution in [0.5, 0.6) is 5.75 Å². The van der Waals surface area contributed by atoms with E-state index in [0.29, 0.717) is 11.3 Å². The molecule has 0 spiro atoms. The van der Waals surface area contributed by atoms with E-state index in [1.165, 1.54) is 0 Å². The van der Waals surface area contributed by atoms with E-state index >= 15 is 0 Å². The van der Waals surface area contributed by atoms with E-state index in [9.17, 15) is 4.79 Å². The molecule has 4 heteroatoms. The number of carbonyl (C=O) groups excluding carboxylic acids is 1. The lowest BCUT2D eigenvalue weighted by molar-refractivity contribution is 0.0882. The third-order valence-corrected chi connectivity index (χ3v) is 2.28. The molecule has 0 radical (unpaired) electrons. The first-order valence-corrected chi connectivity index (χ1v) is 4.46. The Balaban J connectivity index is 2.56. The van der Waals surface area contributed by atoms with Gasteiger partial charge in [0.1, 0.15) is 5.75 Å². The van der Waals surface area contributed by atoms with Gasteiger partial charge in [-0.25, -0.2) is 0 Å². The number of carbonyl (C=O) groups is 1. The van der Waals surface area contributed by atoms with Crippen molar-refractivity contribution < 1.29 is 9.53 Å². The lowest BCUT2D eigenvalue weighted by Gasteiger charge is -2.20.